The number of carbonyl (C=O) groups excluding carboxylic acids is 3. The third kappa shape index (κ3) is 7.64. The van der Waals surface area contributed by atoms with E-state index in [-0.39, 0.29) is 24.1 Å². The zero-order valence-electron chi connectivity index (χ0n) is 23.4. The van der Waals surface area contributed by atoms with E-state index < -0.39 is 11.8 Å². The van der Waals surface area contributed by atoms with Crippen molar-refractivity contribution in [2.24, 2.45) is 0 Å². The molecule has 0 atom stereocenters. The van der Waals surface area contributed by atoms with E-state index in [1.165, 1.54) is 11.0 Å². The largest absolute Gasteiger partial charge is 0.485 e. The number of aromatic nitrogens is 2. The van der Waals surface area contributed by atoms with E-state index in [9.17, 15) is 14.4 Å². The van der Waals surface area contributed by atoms with Crippen LogP contribution in [0.5, 0.6) is 5.75 Å². The van der Waals surface area contributed by atoms with E-state index in [1.54, 1.807) is 61.7 Å². The number of hydrogen-bond acceptors (Lipinski definition) is 5. The molecule has 0 radical (unpaired) electrons. The number of nitrogens with one attached hydrogen (secondary N) is 2. The Morgan fingerprint density at radius 1 is 1.12 bits per heavy atom. The van der Waals surface area contributed by atoms with Crippen LogP contribution < -0.4 is 20.3 Å². The van der Waals surface area contributed by atoms with Gasteiger partial charge in [0.25, 0.3) is 5.91 Å². The van der Waals surface area contributed by atoms with Gasteiger partial charge in [-0.1, -0.05) is 41.4 Å². The molecule has 0 fully saturated rings. The topological polar surface area (TPSA) is 105 Å². The van der Waals surface area contributed by atoms with Crippen LogP contribution in [0.25, 0.3) is 11.7 Å². The molecule has 222 valence electrons. The van der Waals surface area contributed by atoms with Gasteiger partial charge < -0.3 is 20.3 Å². The van der Waals surface area contributed by atoms with Crippen molar-refractivity contribution < 1.29 is 19.1 Å². The first-order chi connectivity index (χ1) is 20.6. The molecule has 2 N–H and O–H groups in total. The maximum atomic E-state index is 12.9. The highest BCUT2D eigenvalue weighted by molar-refractivity contribution is 9.10. The van der Waals surface area contributed by atoms with Crippen LogP contribution in [0.4, 0.5) is 5.69 Å². The Morgan fingerprint density at radius 2 is 1.86 bits per heavy atom. The van der Waals surface area contributed by atoms with Crippen LogP contribution in [0.15, 0.2) is 78.1 Å². The van der Waals surface area contributed by atoms with E-state index in [4.69, 9.17) is 27.9 Å². The van der Waals surface area contributed by atoms with E-state index in [0.29, 0.717) is 45.3 Å². The molecule has 0 unspecified atom stereocenters. The Bertz CT molecular complexity index is 1720. The highest BCUT2D eigenvalue weighted by Gasteiger charge is 2.20. The van der Waals surface area contributed by atoms with E-state index in [0.717, 1.165) is 10.3 Å². The number of benzene rings is 2. The Balaban J connectivity index is 1.36. The number of halogens is 3. The lowest BCUT2D eigenvalue weighted by molar-refractivity contribution is -0.122. The van der Waals surface area contributed by atoms with Crippen LogP contribution >= 0.6 is 39.1 Å². The summed E-state index contributed by atoms with van der Waals surface area (Å²) in [5.41, 5.74) is 3.57. The van der Waals surface area contributed by atoms with E-state index >= 15 is 0 Å². The summed E-state index contributed by atoms with van der Waals surface area (Å²) in [6.45, 7) is 5.60. The number of anilines is 1. The number of aryl methyl sites for hydroxylation is 1. The van der Waals surface area contributed by atoms with Crippen LogP contribution in [-0.4, -0.2) is 47.2 Å². The monoisotopic (exact) mass is 683 g/mol. The minimum atomic E-state index is -0.458. The summed E-state index contributed by atoms with van der Waals surface area (Å²) in [5, 5.41) is 5.90. The van der Waals surface area contributed by atoms with Crippen molar-refractivity contribution in [3.63, 3.8) is 0 Å². The molecule has 0 aliphatic carbocycles. The molecule has 0 spiro atoms. The van der Waals surface area contributed by atoms with Gasteiger partial charge in [-0.05, 0) is 70.9 Å². The molecule has 0 saturated carbocycles. The van der Waals surface area contributed by atoms with Crippen LogP contribution in [0, 0.1) is 6.92 Å². The summed E-state index contributed by atoms with van der Waals surface area (Å²) in [6, 6.07) is 13.6. The minimum Gasteiger partial charge on any atom is -0.485 e. The van der Waals surface area contributed by atoms with Crippen molar-refractivity contribution in [1.82, 2.24) is 20.0 Å². The van der Waals surface area contributed by atoms with Crippen molar-refractivity contribution in [3.05, 3.63) is 110 Å². The van der Waals surface area contributed by atoms with Crippen LogP contribution in [0.1, 0.15) is 27.2 Å². The summed E-state index contributed by atoms with van der Waals surface area (Å²) in [5.74, 6) is -0.526. The summed E-state index contributed by atoms with van der Waals surface area (Å²) in [6.07, 6.45) is 6.36. The quantitative estimate of drug-likeness (QED) is 0.149. The highest BCUT2D eigenvalue weighted by Crippen LogP contribution is 2.35. The lowest BCUT2D eigenvalue weighted by atomic mass is 10.1. The molecule has 2 aromatic carbocycles. The van der Waals surface area contributed by atoms with Crippen molar-refractivity contribution in [1.29, 1.82) is 0 Å². The second-order valence-corrected chi connectivity index (χ2v) is 10.9. The van der Waals surface area contributed by atoms with Crippen LogP contribution in [0.3, 0.4) is 0 Å². The van der Waals surface area contributed by atoms with Gasteiger partial charge >= 0.3 is 0 Å². The highest BCUT2D eigenvalue weighted by atomic mass is 79.9. The first-order valence-electron chi connectivity index (χ1n) is 13.0. The molecule has 4 rings (SSSR count). The normalized spacial score (nSPS) is 11.0. The molecule has 2 heterocycles. The number of likely N-dealkylation sites (N-methyl/N-ethyl adjacent to an activating group) is 1. The van der Waals surface area contributed by atoms with Gasteiger partial charge in [-0.25, -0.2) is 4.98 Å². The molecule has 0 aliphatic heterocycles. The van der Waals surface area contributed by atoms with Crippen molar-refractivity contribution >= 4 is 74.3 Å². The average Bonchev–Trinajstić information content (AvgIpc) is 3.30. The Hall–Kier alpha value is -4.12. The molecule has 0 bridgehead atoms. The number of amides is 3. The van der Waals surface area contributed by atoms with Gasteiger partial charge in [0, 0.05) is 42.0 Å². The molecule has 43 heavy (non-hydrogen) atoms. The fourth-order valence-electron chi connectivity index (χ4n) is 4.03. The summed E-state index contributed by atoms with van der Waals surface area (Å²) in [4.78, 5) is 43.1. The van der Waals surface area contributed by atoms with Gasteiger partial charge in [0.05, 0.1) is 22.9 Å². The second kappa shape index (κ2) is 14.4. The first-order valence-corrected chi connectivity index (χ1v) is 14.6. The predicted molar refractivity (Wildman–Crippen MR) is 173 cm³/mol. The molecule has 0 aliphatic rings. The van der Waals surface area contributed by atoms with Gasteiger partial charge in [-0.2, -0.15) is 0 Å². The molecule has 4 aromatic rings. The maximum Gasteiger partial charge on any atom is 0.251 e. The van der Waals surface area contributed by atoms with Gasteiger partial charge in [0.1, 0.15) is 11.2 Å². The molecular formula is C31H28BrCl2N5O4. The third-order valence-electron chi connectivity index (χ3n) is 6.41. The van der Waals surface area contributed by atoms with Crippen molar-refractivity contribution in [2.75, 3.05) is 25.0 Å². The Morgan fingerprint density at radius 3 is 2.58 bits per heavy atom. The number of fused-ring (bicyclic) bond motifs is 1. The lowest BCUT2D eigenvalue weighted by Gasteiger charge is -2.21. The fraction of sp³-hybridized carbons (Fsp3) is 0.161. The standard InChI is InChI=1S/C31H28BrCl2N5O4/c1-4-15-35-31(42)21-10-7-20(8-11-21)9-14-26(40)36-17-27(41)38(3)24-13-12-23(33)22(28(24)34)18-43-25-6-5-16-39-29(32)19(2)37-30(25)39/h4-14,16H,1,15,17-18H2,2-3H3,(H,35,42)(H,36,40)/b14-9+. The zero-order valence-corrected chi connectivity index (χ0v) is 26.5. The molecule has 12 heteroatoms. The number of nitrogens with zero attached hydrogens (tertiary/aromatic N) is 3. The van der Waals surface area contributed by atoms with Crippen LogP contribution in [-0.2, 0) is 16.2 Å². The van der Waals surface area contributed by atoms with Crippen molar-refractivity contribution in [2.45, 2.75) is 13.5 Å². The zero-order chi connectivity index (χ0) is 31.1. The summed E-state index contributed by atoms with van der Waals surface area (Å²) >= 11 is 16.7. The first kappa shape index (κ1) is 31.8. The Kier molecular flexibility index (Phi) is 10.6. The maximum absolute atomic E-state index is 12.9. The van der Waals surface area contributed by atoms with E-state index in [2.05, 4.69) is 38.1 Å². The third-order valence-corrected chi connectivity index (χ3v) is 8.14. The smallest absolute Gasteiger partial charge is 0.251 e. The summed E-state index contributed by atoms with van der Waals surface area (Å²) < 4.78 is 8.73. The molecule has 0 saturated heterocycles. The second-order valence-electron chi connectivity index (χ2n) is 9.33. The average molecular weight is 685 g/mol. The molecule has 2 aromatic heterocycles. The number of imidazole rings is 1. The van der Waals surface area contributed by atoms with Crippen LogP contribution in [0.2, 0.25) is 10.0 Å². The number of carbonyl (C=O) groups is 3. The number of rotatable bonds is 11. The van der Waals surface area contributed by atoms with E-state index in [1.807, 2.05) is 23.6 Å². The van der Waals surface area contributed by atoms with Gasteiger partial charge in [0.15, 0.2) is 11.4 Å². The van der Waals surface area contributed by atoms with Crippen molar-refractivity contribution in [3.8, 4) is 5.75 Å². The minimum absolute atomic E-state index is 0.0404. The molecular weight excluding hydrogens is 657 g/mol. The SMILES string of the molecule is C=CCNC(=O)c1ccc(/C=C/C(=O)NCC(=O)N(C)c2ccc(Cl)c(COc3cccn4c(Br)c(C)nc34)c2Cl)cc1. The molecule has 3 amide bonds. The fourth-order valence-corrected chi connectivity index (χ4v) is 5.01. The van der Waals surface area contributed by atoms with Gasteiger partial charge in [0.2, 0.25) is 11.8 Å². The lowest BCUT2D eigenvalue weighted by Crippen LogP contribution is -2.37. The van der Waals surface area contributed by atoms with Gasteiger partial charge in [-0.15, -0.1) is 6.58 Å². The van der Waals surface area contributed by atoms with Gasteiger partial charge in [-0.3, -0.25) is 18.8 Å². The predicted octanol–water partition coefficient (Wildman–Crippen LogP) is 6.00. The Labute approximate surface area is 267 Å². The number of ether oxygens (including phenoxy) is 1. The summed E-state index contributed by atoms with van der Waals surface area (Å²) in [7, 11) is 1.56. The number of pyridine rings is 1. The molecule has 9 nitrogen and oxygen atoms in total. The number of hydrogen-bond donors (Lipinski definition) is 2.